The number of carbonyl (C=O) groups excluding carboxylic acids is 1. The highest BCUT2D eigenvalue weighted by molar-refractivity contribution is 9.10. The van der Waals surface area contributed by atoms with Crippen LogP contribution in [0, 0.1) is 0 Å². The maximum absolute atomic E-state index is 11.8. The third-order valence-electron chi connectivity index (χ3n) is 3.26. The molecule has 0 amide bonds. The lowest BCUT2D eigenvalue weighted by Crippen LogP contribution is -2.00. The first-order valence-electron chi connectivity index (χ1n) is 7.62. The van der Waals surface area contributed by atoms with Crippen molar-refractivity contribution in [1.29, 1.82) is 0 Å². The van der Waals surface area contributed by atoms with Gasteiger partial charge in [-0.1, -0.05) is 67.4 Å². The molecule has 0 saturated carbocycles. The fraction of sp³-hybridized carbons (Fsp3) is 0.588. The molecular formula is C17H25BrOS. The third-order valence-corrected chi connectivity index (χ3v) is 4.80. The number of hydrogen-bond donors (Lipinski definition) is 0. The summed E-state index contributed by atoms with van der Waals surface area (Å²) in [7, 11) is 0. The van der Waals surface area contributed by atoms with Crippen LogP contribution in [0.5, 0.6) is 0 Å². The number of Topliss-reactive ketones (excluding diaryl/α,β-unsaturated/α-hetero) is 1. The largest absolute Gasteiger partial charge is 0.299 e. The van der Waals surface area contributed by atoms with E-state index in [0.29, 0.717) is 11.5 Å². The van der Waals surface area contributed by atoms with Crippen molar-refractivity contribution in [2.24, 2.45) is 0 Å². The maximum Gasteiger partial charge on any atom is 0.143 e. The molecule has 0 unspecified atom stereocenters. The van der Waals surface area contributed by atoms with Crippen LogP contribution in [0.3, 0.4) is 0 Å². The van der Waals surface area contributed by atoms with Gasteiger partial charge in [-0.15, -0.1) is 11.8 Å². The zero-order valence-electron chi connectivity index (χ0n) is 12.4. The van der Waals surface area contributed by atoms with Crippen molar-refractivity contribution in [2.75, 3.05) is 5.75 Å². The Morgan fingerprint density at radius 1 is 1.10 bits per heavy atom. The zero-order valence-corrected chi connectivity index (χ0v) is 14.8. The Kier molecular flexibility index (Phi) is 10.1. The van der Waals surface area contributed by atoms with Crippen molar-refractivity contribution in [3.05, 3.63) is 28.7 Å². The van der Waals surface area contributed by atoms with E-state index in [1.807, 2.05) is 12.1 Å². The second-order valence-electron chi connectivity index (χ2n) is 5.16. The van der Waals surface area contributed by atoms with Gasteiger partial charge in [0.2, 0.25) is 0 Å². The Bertz CT molecular complexity index is 392. The SMILES string of the molecule is CCCCCCCCCC(=O)CSc1cccc(Br)c1. The minimum Gasteiger partial charge on any atom is -0.299 e. The highest BCUT2D eigenvalue weighted by Gasteiger charge is 2.03. The van der Waals surface area contributed by atoms with Crippen molar-refractivity contribution < 1.29 is 4.79 Å². The number of carbonyl (C=O) groups is 1. The molecule has 20 heavy (non-hydrogen) atoms. The van der Waals surface area contributed by atoms with Crippen LogP contribution in [-0.4, -0.2) is 11.5 Å². The molecular weight excluding hydrogens is 332 g/mol. The van der Waals surface area contributed by atoms with Crippen LogP contribution in [0.1, 0.15) is 58.3 Å². The fourth-order valence-corrected chi connectivity index (χ4v) is 3.48. The fourth-order valence-electron chi connectivity index (χ4n) is 2.07. The maximum atomic E-state index is 11.8. The average molecular weight is 357 g/mol. The average Bonchev–Trinajstić information content (AvgIpc) is 2.44. The van der Waals surface area contributed by atoms with Crippen molar-refractivity contribution >= 4 is 33.5 Å². The number of unbranched alkanes of at least 4 members (excludes halogenated alkanes) is 6. The van der Waals surface area contributed by atoms with Gasteiger partial charge in [0.25, 0.3) is 0 Å². The summed E-state index contributed by atoms with van der Waals surface area (Å²) in [5, 5.41) is 0. The van der Waals surface area contributed by atoms with Gasteiger partial charge >= 0.3 is 0 Å². The molecule has 0 atom stereocenters. The molecule has 0 radical (unpaired) electrons. The van der Waals surface area contributed by atoms with E-state index in [2.05, 4.69) is 35.0 Å². The van der Waals surface area contributed by atoms with Gasteiger partial charge in [0.1, 0.15) is 5.78 Å². The lowest BCUT2D eigenvalue weighted by Gasteiger charge is -2.03. The topological polar surface area (TPSA) is 17.1 Å². The summed E-state index contributed by atoms with van der Waals surface area (Å²) in [5.74, 6) is 0.982. The van der Waals surface area contributed by atoms with Gasteiger partial charge in [0, 0.05) is 15.8 Å². The van der Waals surface area contributed by atoms with E-state index in [4.69, 9.17) is 0 Å². The van der Waals surface area contributed by atoms with E-state index < -0.39 is 0 Å². The first-order valence-corrected chi connectivity index (χ1v) is 9.40. The lowest BCUT2D eigenvalue weighted by atomic mass is 10.1. The molecule has 1 rings (SSSR count). The second-order valence-corrected chi connectivity index (χ2v) is 7.12. The van der Waals surface area contributed by atoms with Crippen LogP contribution in [0.4, 0.5) is 0 Å². The molecule has 0 aliphatic carbocycles. The molecule has 0 N–H and O–H groups in total. The van der Waals surface area contributed by atoms with Crippen LogP contribution in [0.25, 0.3) is 0 Å². The van der Waals surface area contributed by atoms with Gasteiger partial charge in [-0.2, -0.15) is 0 Å². The minimum atomic E-state index is 0.378. The van der Waals surface area contributed by atoms with Gasteiger partial charge in [0.15, 0.2) is 0 Å². The summed E-state index contributed by atoms with van der Waals surface area (Å²) in [4.78, 5) is 13.0. The molecule has 0 heterocycles. The van der Waals surface area contributed by atoms with E-state index in [9.17, 15) is 4.79 Å². The number of ketones is 1. The van der Waals surface area contributed by atoms with Crippen molar-refractivity contribution in [3.63, 3.8) is 0 Å². The number of rotatable bonds is 11. The first kappa shape index (κ1) is 17.8. The van der Waals surface area contributed by atoms with Crippen LogP contribution >= 0.6 is 27.7 Å². The molecule has 0 fully saturated rings. The van der Waals surface area contributed by atoms with E-state index >= 15 is 0 Å². The van der Waals surface area contributed by atoms with Gasteiger partial charge in [-0.05, 0) is 24.6 Å². The molecule has 0 aliphatic rings. The highest BCUT2D eigenvalue weighted by atomic mass is 79.9. The number of hydrogen-bond acceptors (Lipinski definition) is 2. The quantitative estimate of drug-likeness (QED) is 0.344. The Morgan fingerprint density at radius 2 is 1.80 bits per heavy atom. The Labute approximate surface area is 136 Å². The molecule has 0 aliphatic heterocycles. The summed E-state index contributed by atoms with van der Waals surface area (Å²) in [6.45, 7) is 2.24. The van der Waals surface area contributed by atoms with Crippen molar-refractivity contribution in [1.82, 2.24) is 0 Å². The molecule has 0 saturated heterocycles. The van der Waals surface area contributed by atoms with Crippen LogP contribution in [0.15, 0.2) is 33.6 Å². The van der Waals surface area contributed by atoms with Crippen LogP contribution in [-0.2, 0) is 4.79 Å². The van der Waals surface area contributed by atoms with E-state index in [0.717, 1.165) is 22.2 Å². The van der Waals surface area contributed by atoms with Crippen molar-refractivity contribution in [2.45, 2.75) is 63.2 Å². The number of thioether (sulfide) groups is 1. The predicted octanol–water partition coefficient (Wildman–Crippen LogP) is 6.25. The first-order chi connectivity index (χ1) is 9.72. The Morgan fingerprint density at radius 3 is 2.50 bits per heavy atom. The lowest BCUT2D eigenvalue weighted by molar-refractivity contribution is -0.116. The number of halogens is 1. The van der Waals surface area contributed by atoms with Crippen LogP contribution in [0.2, 0.25) is 0 Å². The smallest absolute Gasteiger partial charge is 0.143 e. The van der Waals surface area contributed by atoms with Crippen molar-refractivity contribution in [3.8, 4) is 0 Å². The summed E-state index contributed by atoms with van der Waals surface area (Å²) in [5.41, 5.74) is 0. The molecule has 0 spiro atoms. The molecule has 1 aromatic rings. The summed E-state index contributed by atoms with van der Waals surface area (Å²) < 4.78 is 1.07. The normalized spacial score (nSPS) is 10.7. The summed E-state index contributed by atoms with van der Waals surface area (Å²) in [6, 6.07) is 8.12. The van der Waals surface area contributed by atoms with E-state index in [1.54, 1.807) is 11.8 Å². The third kappa shape index (κ3) is 8.80. The van der Waals surface area contributed by atoms with Gasteiger partial charge in [-0.25, -0.2) is 0 Å². The molecule has 1 nitrogen and oxygen atoms in total. The second kappa shape index (κ2) is 11.4. The Balaban J connectivity index is 2.03. The highest BCUT2D eigenvalue weighted by Crippen LogP contribution is 2.22. The van der Waals surface area contributed by atoms with E-state index in [-0.39, 0.29) is 0 Å². The molecule has 1 aromatic carbocycles. The van der Waals surface area contributed by atoms with Gasteiger partial charge in [0.05, 0.1) is 5.75 Å². The van der Waals surface area contributed by atoms with E-state index in [1.165, 1.54) is 38.5 Å². The molecule has 112 valence electrons. The van der Waals surface area contributed by atoms with Gasteiger partial charge in [-0.3, -0.25) is 4.79 Å². The standard InChI is InChI=1S/C17H25BrOS/c1-2-3-4-5-6-7-8-11-16(19)14-20-17-12-9-10-15(18)13-17/h9-10,12-13H,2-8,11,14H2,1H3. The molecule has 3 heteroatoms. The Hall–Kier alpha value is -0.280. The molecule has 0 bridgehead atoms. The summed E-state index contributed by atoms with van der Waals surface area (Å²) in [6.07, 6.45) is 9.62. The number of benzene rings is 1. The zero-order chi connectivity index (χ0) is 14.6. The summed E-state index contributed by atoms with van der Waals surface area (Å²) >= 11 is 5.09. The predicted molar refractivity (Wildman–Crippen MR) is 92.5 cm³/mol. The minimum absolute atomic E-state index is 0.378. The van der Waals surface area contributed by atoms with Gasteiger partial charge < -0.3 is 0 Å². The molecule has 0 aromatic heterocycles. The van der Waals surface area contributed by atoms with Crippen LogP contribution < -0.4 is 0 Å². The monoisotopic (exact) mass is 356 g/mol.